The average molecular weight is 515 g/mol. The fraction of sp³-hybridized carbons (Fsp3) is 0.281. The van der Waals surface area contributed by atoms with E-state index in [4.69, 9.17) is 14.2 Å². The van der Waals surface area contributed by atoms with E-state index in [1.54, 1.807) is 24.5 Å². The molecule has 0 atom stereocenters. The number of ether oxygens (including phenoxy) is 3. The summed E-state index contributed by atoms with van der Waals surface area (Å²) < 4.78 is 18.5. The summed E-state index contributed by atoms with van der Waals surface area (Å²) in [6.45, 7) is 12.2. The van der Waals surface area contributed by atoms with E-state index in [9.17, 15) is 4.79 Å². The van der Waals surface area contributed by atoms with Gasteiger partial charge in [0.1, 0.15) is 17.1 Å². The van der Waals surface area contributed by atoms with E-state index in [1.165, 1.54) is 17.2 Å². The van der Waals surface area contributed by atoms with Crippen molar-refractivity contribution in [3.63, 3.8) is 0 Å². The first-order valence-electron chi connectivity index (χ1n) is 12.3. The van der Waals surface area contributed by atoms with Gasteiger partial charge in [-0.25, -0.2) is 4.79 Å². The molecule has 3 aromatic carbocycles. The van der Waals surface area contributed by atoms with Gasteiger partial charge in [-0.15, -0.1) is 11.3 Å². The molecule has 0 aliphatic carbocycles. The van der Waals surface area contributed by atoms with Gasteiger partial charge in [-0.2, -0.15) is 0 Å². The van der Waals surface area contributed by atoms with Gasteiger partial charge in [0.15, 0.2) is 5.75 Å². The Balaban J connectivity index is 1.71. The van der Waals surface area contributed by atoms with Gasteiger partial charge in [-0.05, 0) is 79.3 Å². The molecule has 4 rings (SSSR count). The molecule has 0 radical (unpaired) electrons. The summed E-state index contributed by atoms with van der Waals surface area (Å²) in [6.07, 6.45) is 3.19. The van der Waals surface area contributed by atoms with Crippen LogP contribution in [0.15, 0.2) is 72.8 Å². The Morgan fingerprint density at radius 1 is 0.865 bits per heavy atom. The van der Waals surface area contributed by atoms with E-state index in [2.05, 4.69) is 57.2 Å². The molecule has 0 aliphatic heterocycles. The van der Waals surface area contributed by atoms with Crippen LogP contribution in [0.1, 0.15) is 52.7 Å². The molecule has 5 heteroatoms. The summed E-state index contributed by atoms with van der Waals surface area (Å²) in [4.78, 5) is 13.1. The predicted octanol–water partition coefficient (Wildman–Crippen LogP) is 9.02. The minimum absolute atomic E-state index is 0.0240. The first-order valence-corrected chi connectivity index (χ1v) is 13.2. The van der Waals surface area contributed by atoms with Crippen molar-refractivity contribution >= 4 is 33.5 Å². The van der Waals surface area contributed by atoms with Crippen LogP contribution in [-0.4, -0.2) is 18.7 Å². The third kappa shape index (κ3) is 6.41. The molecule has 0 amide bonds. The molecular formula is C32H34O4S. The van der Waals surface area contributed by atoms with Crippen molar-refractivity contribution in [2.45, 2.75) is 52.6 Å². The summed E-state index contributed by atoms with van der Waals surface area (Å²) in [5.41, 5.74) is 2.78. The highest BCUT2D eigenvalue weighted by Gasteiger charge is 2.24. The van der Waals surface area contributed by atoms with Gasteiger partial charge in [0.05, 0.1) is 12.0 Å². The normalized spacial score (nSPS) is 12.2. The first kappa shape index (κ1) is 26.5. The maximum Gasteiger partial charge on any atom is 0.331 e. The Morgan fingerprint density at radius 3 is 2.19 bits per heavy atom. The standard InChI is InChI=1S/C32H34O4S/c1-31(2,3)26-11-9-8-10-24(26)30-29(25-18-17-23(34-7)20-27(25)37-30)35-22-15-12-21(13-16-22)14-19-28(33)36-32(4,5)6/h8-20H,1-7H3. The SMILES string of the molecule is COc1ccc2c(Oc3ccc(C=CC(=O)OC(C)(C)C)cc3)c(-c3ccccc3C(C)(C)C)sc2c1. The van der Waals surface area contributed by atoms with Gasteiger partial charge in [0.25, 0.3) is 0 Å². The Bertz CT molecular complexity index is 1430. The van der Waals surface area contributed by atoms with Gasteiger partial charge in [-0.1, -0.05) is 57.2 Å². The molecule has 4 aromatic rings. The molecule has 0 saturated carbocycles. The number of rotatable bonds is 6. The van der Waals surface area contributed by atoms with E-state index >= 15 is 0 Å². The zero-order valence-corrected chi connectivity index (χ0v) is 23.4. The van der Waals surface area contributed by atoms with E-state index in [1.807, 2.05) is 51.1 Å². The highest BCUT2D eigenvalue weighted by atomic mass is 32.1. The fourth-order valence-electron chi connectivity index (χ4n) is 4.06. The largest absolute Gasteiger partial charge is 0.497 e. The summed E-state index contributed by atoms with van der Waals surface area (Å²) in [5, 5.41) is 1.04. The smallest absolute Gasteiger partial charge is 0.331 e. The molecule has 37 heavy (non-hydrogen) atoms. The van der Waals surface area contributed by atoms with Crippen LogP contribution in [0.5, 0.6) is 17.2 Å². The number of benzene rings is 3. The second-order valence-corrected chi connectivity index (χ2v) is 12.0. The summed E-state index contributed by atoms with van der Waals surface area (Å²) in [7, 11) is 1.68. The second kappa shape index (κ2) is 10.4. The minimum Gasteiger partial charge on any atom is -0.497 e. The molecule has 0 saturated heterocycles. The van der Waals surface area contributed by atoms with Gasteiger partial charge >= 0.3 is 5.97 Å². The van der Waals surface area contributed by atoms with Crippen LogP contribution in [0.25, 0.3) is 26.6 Å². The lowest BCUT2D eigenvalue weighted by Crippen LogP contribution is -2.22. The summed E-state index contributed by atoms with van der Waals surface area (Å²) in [5.74, 6) is 2.00. The highest BCUT2D eigenvalue weighted by molar-refractivity contribution is 7.22. The first-order chi connectivity index (χ1) is 17.4. The van der Waals surface area contributed by atoms with Crippen molar-refractivity contribution in [3.8, 4) is 27.7 Å². The number of carbonyl (C=O) groups excluding carboxylic acids is 1. The van der Waals surface area contributed by atoms with Gasteiger partial charge in [-0.3, -0.25) is 0 Å². The number of hydrogen-bond donors (Lipinski definition) is 0. The second-order valence-electron chi connectivity index (χ2n) is 11.0. The Kier molecular flexibility index (Phi) is 7.47. The zero-order chi connectivity index (χ0) is 26.8. The Labute approximate surface area is 223 Å². The van der Waals surface area contributed by atoms with Crippen LogP contribution < -0.4 is 9.47 Å². The van der Waals surface area contributed by atoms with E-state index in [0.717, 1.165) is 37.8 Å². The van der Waals surface area contributed by atoms with E-state index in [0.29, 0.717) is 0 Å². The number of fused-ring (bicyclic) bond motifs is 1. The fourth-order valence-corrected chi connectivity index (χ4v) is 5.26. The van der Waals surface area contributed by atoms with Crippen LogP contribution in [0.4, 0.5) is 0 Å². The molecule has 0 fully saturated rings. The molecule has 0 spiro atoms. The lowest BCUT2D eigenvalue weighted by molar-refractivity contribution is -0.148. The molecule has 192 valence electrons. The van der Waals surface area contributed by atoms with Crippen molar-refractivity contribution in [2.75, 3.05) is 7.11 Å². The molecule has 0 bridgehead atoms. The van der Waals surface area contributed by atoms with Crippen LogP contribution in [0, 0.1) is 0 Å². The number of thiophene rings is 1. The zero-order valence-electron chi connectivity index (χ0n) is 22.5. The topological polar surface area (TPSA) is 44.8 Å². The Morgan fingerprint density at radius 2 is 1.54 bits per heavy atom. The van der Waals surface area contributed by atoms with Crippen molar-refractivity contribution in [1.82, 2.24) is 0 Å². The molecular weight excluding hydrogens is 480 g/mol. The van der Waals surface area contributed by atoms with Gasteiger partial charge in [0, 0.05) is 16.2 Å². The molecule has 1 heterocycles. The highest BCUT2D eigenvalue weighted by Crippen LogP contribution is 2.49. The van der Waals surface area contributed by atoms with Crippen LogP contribution in [0.3, 0.4) is 0 Å². The number of carbonyl (C=O) groups is 1. The summed E-state index contributed by atoms with van der Waals surface area (Å²) >= 11 is 1.71. The molecule has 4 nitrogen and oxygen atoms in total. The third-order valence-electron chi connectivity index (χ3n) is 5.75. The number of hydrogen-bond acceptors (Lipinski definition) is 5. The van der Waals surface area contributed by atoms with Crippen LogP contribution in [-0.2, 0) is 14.9 Å². The number of esters is 1. The Hall–Kier alpha value is -3.57. The van der Waals surface area contributed by atoms with Crippen molar-refractivity contribution in [2.24, 2.45) is 0 Å². The summed E-state index contributed by atoms with van der Waals surface area (Å²) in [6, 6.07) is 22.3. The van der Waals surface area contributed by atoms with Crippen molar-refractivity contribution in [1.29, 1.82) is 0 Å². The lowest BCUT2D eigenvalue weighted by atomic mass is 9.83. The average Bonchev–Trinajstić information content (AvgIpc) is 3.19. The molecule has 0 aliphatic rings. The monoisotopic (exact) mass is 514 g/mol. The lowest BCUT2D eigenvalue weighted by Gasteiger charge is -2.23. The van der Waals surface area contributed by atoms with E-state index < -0.39 is 5.60 Å². The molecule has 0 unspecified atom stereocenters. The predicted molar refractivity (Wildman–Crippen MR) is 154 cm³/mol. The van der Waals surface area contributed by atoms with Crippen molar-refractivity contribution in [3.05, 3.63) is 83.9 Å². The molecule has 0 N–H and O–H groups in total. The third-order valence-corrected chi connectivity index (χ3v) is 6.92. The number of methoxy groups -OCH3 is 1. The van der Waals surface area contributed by atoms with Crippen LogP contribution >= 0.6 is 11.3 Å². The maximum atomic E-state index is 12.0. The van der Waals surface area contributed by atoms with Gasteiger partial charge in [0.2, 0.25) is 0 Å². The quantitative estimate of drug-likeness (QED) is 0.190. The van der Waals surface area contributed by atoms with Crippen LogP contribution in [0.2, 0.25) is 0 Å². The maximum absolute atomic E-state index is 12.0. The molecule has 1 aromatic heterocycles. The van der Waals surface area contributed by atoms with Crippen molar-refractivity contribution < 1.29 is 19.0 Å². The van der Waals surface area contributed by atoms with Gasteiger partial charge < -0.3 is 14.2 Å². The minimum atomic E-state index is -0.518. The van der Waals surface area contributed by atoms with E-state index in [-0.39, 0.29) is 11.4 Å².